The molecule has 0 aliphatic carbocycles. The second-order valence-corrected chi connectivity index (χ2v) is 6.75. The summed E-state index contributed by atoms with van der Waals surface area (Å²) >= 11 is 0. The fraction of sp³-hybridized carbons (Fsp3) is 0.227. The van der Waals surface area contributed by atoms with Crippen molar-refractivity contribution in [2.45, 2.75) is 20.3 Å². The summed E-state index contributed by atoms with van der Waals surface area (Å²) in [6.07, 6.45) is 1.07. The summed E-state index contributed by atoms with van der Waals surface area (Å²) < 4.78 is 0. The molecule has 0 saturated heterocycles. The summed E-state index contributed by atoms with van der Waals surface area (Å²) in [4.78, 5) is 9.31. The Morgan fingerprint density at radius 1 is 0.963 bits per heavy atom. The first-order valence-electron chi connectivity index (χ1n) is 9.09. The average molecular weight is 357 g/mol. The Balaban J connectivity index is 1.90. The van der Waals surface area contributed by atoms with E-state index >= 15 is 0 Å². The Bertz CT molecular complexity index is 929. The van der Waals surface area contributed by atoms with Gasteiger partial charge in [-0.1, -0.05) is 50.2 Å². The maximum Gasteiger partial charge on any atom is 0.163 e. The van der Waals surface area contributed by atoms with Crippen molar-refractivity contribution < 1.29 is 0 Å². The van der Waals surface area contributed by atoms with Crippen molar-refractivity contribution in [2.75, 3.05) is 17.2 Å². The zero-order chi connectivity index (χ0) is 19.1. The Hall–Kier alpha value is -3.39. The molecule has 1 aromatic heterocycles. The fourth-order valence-corrected chi connectivity index (χ4v) is 2.62. The van der Waals surface area contributed by atoms with Crippen LogP contribution in [0.5, 0.6) is 0 Å². The molecule has 5 nitrogen and oxygen atoms in total. The van der Waals surface area contributed by atoms with Gasteiger partial charge in [0, 0.05) is 23.9 Å². The molecule has 0 fully saturated rings. The van der Waals surface area contributed by atoms with Gasteiger partial charge in [0.25, 0.3) is 0 Å². The highest BCUT2D eigenvalue weighted by molar-refractivity contribution is 5.65. The highest BCUT2D eigenvalue weighted by Gasteiger charge is 2.08. The molecule has 136 valence electrons. The number of rotatable bonds is 7. The minimum absolute atomic E-state index is 0.604. The molecule has 0 unspecified atom stereocenters. The van der Waals surface area contributed by atoms with E-state index in [9.17, 15) is 0 Å². The van der Waals surface area contributed by atoms with Gasteiger partial charge in [0.15, 0.2) is 5.82 Å². The molecule has 0 aliphatic rings. The summed E-state index contributed by atoms with van der Waals surface area (Å²) in [5.74, 6) is 2.75. The van der Waals surface area contributed by atoms with Crippen molar-refractivity contribution in [2.24, 2.45) is 5.92 Å². The van der Waals surface area contributed by atoms with Crippen molar-refractivity contribution in [1.29, 1.82) is 5.26 Å². The average Bonchev–Trinajstić information content (AvgIpc) is 2.68. The summed E-state index contributed by atoms with van der Waals surface area (Å²) in [6.45, 7) is 5.25. The number of nitrogens with zero attached hydrogens (tertiary/aromatic N) is 3. The maximum absolute atomic E-state index is 9.09. The molecule has 27 heavy (non-hydrogen) atoms. The van der Waals surface area contributed by atoms with Crippen LogP contribution in [0.3, 0.4) is 0 Å². The second-order valence-electron chi connectivity index (χ2n) is 6.75. The molecule has 0 bridgehead atoms. The molecule has 5 heteroatoms. The Labute approximate surface area is 160 Å². The molecule has 0 spiro atoms. The van der Waals surface area contributed by atoms with Crippen LogP contribution in [0, 0.1) is 17.2 Å². The van der Waals surface area contributed by atoms with E-state index in [0.29, 0.717) is 23.1 Å². The van der Waals surface area contributed by atoms with Crippen LogP contribution >= 0.6 is 0 Å². The Morgan fingerprint density at radius 3 is 2.48 bits per heavy atom. The van der Waals surface area contributed by atoms with Crippen LogP contribution in [-0.4, -0.2) is 16.5 Å². The van der Waals surface area contributed by atoms with Gasteiger partial charge in [-0.2, -0.15) is 5.26 Å². The van der Waals surface area contributed by atoms with E-state index in [1.165, 1.54) is 0 Å². The predicted molar refractivity (Wildman–Crippen MR) is 110 cm³/mol. The van der Waals surface area contributed by atoms with Crippen LogP contribution in [0.15, 0.2) is 60.7 Å². The normalized spacial score (nSPS) is 10.4. The highest BCUT2D eigenvalue weighted by atomic mass is 15.1. The second kappa shape index (κ2) is 8.81. The number of aromatic nitrogens is 2. The summed E-state index contributed by atoms with van der Waals surface area (Å²) in [5, 5.41) is 15.8. The van der Waals surface area contributed by atoms with Gasteiger partial charge in [-0.3, -0.25) is 0 Å². The topological polar surface area (TPSA) is 73.6 Å². The smallest absolute Gasteiger partial charge is 0.163 e. The van der Waals surface area contributed by atoms with Crippen LogP contribution in [0.25, 0.3) is 11.4 Å². The van der Waals surface area contributed by atoms with Gasteiger partial charge < -0.3 is 10.6 Å². The first-order chi connectivity index (χ1) is 13.1. The number of nitrogens with one attached hydrogen (secondary N) is 2. The number of benzene rings is 2. The van der Waals surface area contributed by atoms with E-state index in [1.54, 1.807) is 12.1 Å². The van der Waals surface area contributed by atoms with Crippen LogP contribution in [0.1, 0.15) is 25.8 Å². The minimum Gasteiger partial charge on any atom is -0.370 e. The van der Waals surface area contributed by atoms with Gasteiger partial charge in [0.1, 0.15) is 11.6 Å². The first-order valence-corrected chi connectivity index (χ1v) is 9.09. The number of anilines is 3. The van der Waals surface area contributed by atoms with Crippen molar-refractivity contribution >= 4 is 17.3 Å². The molecule has 3 rings (SSSR count). The monoisotopic (exact) mass is 357 g/mol. The molecule has 2 aromatic carbocycles. The van der Waals surface area contributed by atoms with Crippen LogP contribution in [-0.2, 0) is 0 Å². The summed E-state index contributed by atoms with van der Waals surface area (Å²) in [6, 6.07) is 21.3. The van der Waals surface area contributed by atoms with Gasteiger partial charge in [0.2, 0.25) is 0 Å². The van der Waals surface area contributed by atoms with Crippen LogP contribution < -0.4 is 10.6 Å². The van der Waals surface area contributed by atoms with E-state index < -0.39 is 0 Å². The van der Waals surface area contributed by atoms with Crippen molar-refractivity contribution in [3.05, 3.63) is 66.2 Å². The van der Waals surface area contributed by atoms with Gasteiger partial charge >= 0.3 is 0 Å². The summed E-state index contributed by atoms with van der Waals surface area (Å²) in [7, 11) is 0. The molecular formula is C22H23N5. The number of nitriles is 1. The zero-order valence-corrected chi connectivity index (χ0v) is 15.6. The molecule has 0 aliphatic heterocycles. The van der Waals surface area contributed by atoms with E-state index in [0.717, 1.165) is 30.0 Å². The highest BCUT2D eigenvalue weighted by Crippen LogP contribution is 2.23. The van der Waals surface area contributed by atoms with Crippen molar-refractivity contribution in [3.8, 4) is 17.5 Å². The predicted octanol–water partition coefficient (Wildman–Crippen LogP) is 5.22. The third-order valence-electron chi connectivity index (χ3n) is 4.05. The zero-order valence-electron chi connectivity index (χ0n) is 15.6. The lowest BCUT2D eigenvalue weighted by Gasteiger charge is -2.12. The van der Waals surface area contributed by atoms with Gasteiger partial charge in [0.05, 0.1) is 11.6 Å². The van der Waals surface area contributed by atoms with Gasteiger partial charge in [-0.25, -0.2) is 9.97 Å². The van der Waals surface area contributed by atoms with Crippen molar-refractivity contribution in [1.82, 2.24) is 9.97 Å². The molecular weight excluding hydrogens is 334 g/mol. The van der Waals surface area contributed by atoms with Gasteiger partial charge in [-0.05, 0) is 30.5 Å². The number of hydrogen-bond acceptors (Lipinski definition) is 5. The lowest BCUT2D eigenvalue weighted by molar-refractivity contribution is 0.606. The van der Waals surface area contributed by atoms with Crippen LogP contribution in [0.2, 0.25) is 0 Å². The molecule has 1 heterocycles. The third-order valence-corrected chi connectivity index (χ3v) is 4.05. The SMILES string of the molecule is CC(C)CCNc1cc(Nc2cccc(C#N)c2)nc(-c2ccccc2)n1. The standard InChI is InChI=1S/C22H23N5/c1-16(2)11-12-24-20-14-21(25-19-10-6-7-17(13-19)15-23)27-22(26-20)18-8-4-3-5-9-18/h3-10,13-14,16H,11-12H2,1-2H3,(H2,24,25,26,27). The molecule has 0 radical (unpaired) electrons. The molecule has 0 amide bonds. The Morgan fingerprint density at radius 2 is 1.74 bits per heavy atom. The van der Waals surface area contributed by atoms with Crippen LogP contribution in [0.4, 0.5) is 17.3 Å². The van der Waals surface area contributed by atoms with Crippen molar-refractivity contribution in [3.63, 3.8) is 0 Å². The lowest BCUT2D eigenvalue weighted by Crippen LogP contribution is -2.08. The molecule has 0 saturated carbocycles. The lowest BCUT2D eigenvalue weighted by atomic mass is 10.1. The summed E-state index contributed by atoms with van der Waals surface area (Å²) in [5.41, 5.74) is 2.38. The third kappa shape index (κ3) is 5.29. The van der Waals surface area contributed by atoms with E-state index in [-0.39, 0.29) is 0 Å². The van der Waals surface area contributed by atoms with E-state index in [1.807, 2.05) is 48.5 Å². The minimum atomic E-state index is 0.604. The van der Waals surface area contributed by atoms with E-state index in [4.69, 9.17) is 5.26 Å². The van der Waals surface area contributed by atoms with Gasteiger partial charge in [-0.15, -0.1) is 0 Å². The first kappa shape index (κ1) is 18.4. The number of hydrogen-bond donors (Lipinski definition) is 2. The fourth-order valence-electron chi connectivity index (χ4n) is 2.62. The molecule has 2 N–H and O–H groups in total. The Kier molecular flexibility index (Phi) is 6.01. The largest absolute Gasteiger partial charge is 0.370 e. The maximum atomic E-state index is 9.09. The van der Waals surface area contributed by atoms with E-state index in [2.05, 4.69) is 40.5 Å². The quantitative estimate of drug-likeness (QED) is 0.607. The molecule has 3 aromatic rings. The molecule has 0 atom stereocenters.